The van der Waals surface area contributed by atoms with Crippen LogP contribution in [0.15, 0.2) is 23.2 Å². The van der Waals surface area contributed by atoms with Crippen LogP contribution in [0, 0.1) is 26.6 Å². The summed E-state index contributed by atoms with van der Waals surface area (Å²) in [5.41, 5.74) is 1.72. The first-order chi connectivity index (χ1) is 13.2. The molecule has 3 N–H and O–H groups in total. The van der Waals surface area contributed by atoms with Gasteiger partial charge < -0.3 is 10.6 Å². The Morgan fingerprint density at radius 3 is 2.54 bits per heavy atom. The highest BCUT2D eigenvalue weighted by Crippen LogP contribution is 2.16. The Morgan fingerprint density at radius 1 is 1.21 bits per heavy atom. The van der Waals surface area contributed by atoms with Crippen LogP contribution in [0.4, 0.5) is 10.1 Å². The van der Waals surface area contributed by atoms with Crippen molar-refractivity contribution >= 4 is 33.0 Å². The summed E-state index contributed by atoms with van der Waals surface area (Å²) >= 11 is 1.67. The van der Waals surface area contributed by atoms with E-state index in [1.54, 1.807) is 25.3 Å². The molecule has 1 heterocycles. The van der Waals surface area contributed by atoms with Crippen molar-refractivity contribution < 1.29 is 12.8 Å². The van der Waals surface area contributed by atoms with Crippen molar-refractivity contribution in [3.8, 4) is 0 Å². The lowest BCUT2D eigenvalue weighted by molar-refractivity contribution is 0.599. The molecule has 0 saturated carbocycles. The number of benzene rings is 1. The molecule has 154 valence electrons. The third-order valence-corrected chi connectivity index (χ3v) is 6.46. The maximum absolute atomic E-state index is 13.5. The van der Waals surface area contributed by atoms with Gasteiger partial charge in [-0.05, 0) is 38.5 Å². The van der Waals surface area contributed by atoms with E-state index in [4.69, 9.17) is 0 Å². The van der Waals surface area contributed by atoms with Crippen molar-refractivity contribution in [1.29, 1.82) is 0 Å². The van der Waals surface area contributed by atoms with E-state index in [0.29, 0.717) is 18.1 Å². The number of aliphatic imine (C=N–C) groups is 1. The Morgan fingerprint density at radius 2 is 1.93 bits per heavy atom. The number of sulfonamides is 1. The Hall–Kier alpha value is -2.20. The van der Waals surface area contributed by atoms with Gasteiger partial charge in [0.25, 0.3) is 0 Å². The molecule has 0 bridgehead atoms. The van der Waals surface area contributed by atoms with Crippen molar-refractivity contribution in [2.75, 3.05) is 30.6 Å². The molecule has 0 spiro atoms. The fourth-order valence-corrected chi connectivity index (χ4v) is 4.24. The number of halogens is 1. The van der Waals surface area contributed by atoms with Crippen LogP contribution in [-0.2, 0) is 16.4 Å². The number of hydrogen-bond donors (Lipinski definition) is 3. The minimum atomic E-state index is -3.60. The zero-order valence-corrected chi connectivity index (χ0v) is 18.1. The number of rotatable bonds is 8. The summed E-state index contributed by atoms with van der Waals surface area (Å²) in [4.78, 5) is 9.77. The Balaban J connectivity index is 1.76. The third-order valence-electron chi connectivity index (χ3n) is 4.04. The second-order valence-corrected chi connectivity index (χ2v) is 9.44. The van der Waals surface area contributed by atoms with Crippen LogP contribution >= 0.6 is 11.3 Å². The first-order valence-electron chi connectivity index (χ1n) is 8.84. The van der Waals surface area contributed by atoms with Crippen LogP contribution in [0.3, 0.4) is 0 Å². The number of nitrogens with zero attached hydrogens (tertiary/aromatic N) is 2. The fraction of sp³-hybridized carbons (Fsp3) is 0.444. The summed E-state index contributed by atoms with van der Waals surface area (Å²) in [7, 11) is -1.98. The smallest absolute Gasteiger partial charge is 0.234 e. The lowest BCUT2D eigenvalue weighted by Crippen LogP contribution is -2.40. The van der Waals surface area contributed by atoms with Gasteiger partial charge in [0, 0.05) is 31.4 Å². The van der Waals surface area contributed by atoms with E-state index in [1.807, 2.05) is 13.8 Å². The zero-order chi connectivity index (χ0) is 20.7. The van der Waals surface area contributed by atoms with Crippen LogP contribution in [0.25, 0.3) is 0 Å². The van der Waals surface area contributed by atoms with Gasteiger partial charge in [0.2, 0.25) is 10.0 Å². The number of thiazole rings is 1. The summed E-state index contributed by atoms with van der Waals surface area (Å²) in [6.07, 6.45) is 0.763. The molecular formula is C18H26FN5O2S2. The molecule has 0 aliphatic heterocycles. The molecule has 28 heavy (non-hydrogen) atoms. The Labute approximate surface area is 169 Å². The van der Waals surface area contributed by atoms with Crippen molar-refractivity contribution in [2.24, 2.45) is 4.99 Å². The maximum Gasteiger partial charge on any atom is 0.234 e. The minimum absolute atomic E-state index is 0.165. The highest BCUT2D eigenvalue weighted by molar-refractivity contribution is 7.92. The van der Waals surface area contributed by atoms with Gasteiger partial charge in [-0.25, -0.2) is 17.8 Å². The lowest BCUT2D eigenvalue weighted by Gasteiger charge is -2.12. The van der Waals surface area contributed by atoms with Crippen molar-refractivity contribution in [1.82, 2.24) is 15.6 Å². The topological polar surface area (TPSA) is 95.5 Å². The summed E-state index contributed by atoms with van der Waals surface area (Å²) < 4.78 is 40.2. The number of aryl methyl sites for hydroxylation is 3. The molecule has 0 atom stereocenters. The predicted molar refractivity (Wildman–Crippen MR) is 113 cm³/mol. The van der Waals surface area contributed by atoms with Crippen LogP contribution in [0.1, 0.15) is 21.1 Å². The molecule has 0 aliphatic rings. The van der Waals surface area contributed by atoms with Gasteiger partial charge in [0.05, 0.1) is 22.1 Å². The van der Waals surface area contributed by atoms with Crippen molar-refractivity contribution in [3.63, 3.8) is 0 Å². The summed E-state index contributed by atoms with van der Waals surface area (Å²) in [6, 6.07) is 4.23. The first kappa shape index (κ1) is 22.1. The normalized spacial score (nSPS) is 12.1. The molecule has 0 amide bonds. The number of anilines is 1. The van der Waals surface area contributed by atoms with Gasteiger partial charge in [0.15, 0.2) is 5.96 Å². The largest absolute Gasteiger partial charge is 0.356 e. The number of hydrogen-bond acceptors (Lipinski definition) is 5. The molecule has 10 heteroatoms. The average molecular weight is 428 g/mol. The molecule has 0 radical (unpaired) electrons. The standard InChI is InChI=1S/C18H26FN5O2S2/c1-12-5-6-15(11-16(12)19)24-28(25,26)10-9-22-18(20-4)21-8-7-17-23-13(2)14(3)27-17/h5-6,11,24H,7-10H2,1-4H3,(H2,20,21,22). The van der Waals surface area contributed by atoms with E-state index >= 15 is 0 Å². The highest BCUT2D eigenvalue weighted by Gasteiger charge is 2.12. The van der Waals surface area contributed by atoms with E-state index < -0.39 is 15.8 Å². The molecule has 1 aromatic carbocycles. The van der Waals surface area contributed by atoms with Gasteiger partial charge in [0.1, 0.15) is 5.82 Å². The van der Waals surface area contributed by atoms with E-state index in [9.17, 15) is 12.8 Å². The van der Waals surface area contributed by atoms with E-state index in [1.165, 1.54) is 23.1 Å². The monoisotopic (exact) mass is 427 g/mol. The first-order valence-corrected chi connectivity index (χ1v) is 11.3. The van der Waals surface area contributed by atoms with Gasteiger partial charge in [-0.3, -0.25) is 9.71 Å². The minimum Gasteiger partial charge on any atom is -0.356 e. The van der Waals surface area contributed by atoms with Crippen LogP contribution < -0.4 is 15.4 Å². The quantitative estimate of drug-likeness (QED) is 0.444. The predicted octanol–water partition coefficient (Wildman–Crippen LogP) is 2.36. The van der Waals surface area contributed by atoms with Crippen molar-refractivity contribution in [2.45, 2.75) is 27.2 Å². The van der Waals surface area contributed by atoms with Crippen molar-refractivity contribution in [3.05, 3.63) is 45.2 Å². The molecule has 2 rings (SSSR count). The SMILES string of the molecule is CN=C(NCCc1nc(C)c(C)s1)NCCS(=O)(=O)Nc1ccc(C)c(F)c1. The third kappa shape index (κ3) is 6.75. The Kier molecular flexibility index (Phi) is 7.76. The molecule has 0 fully saturated rings. The van der Waals surface area contributed by atoms with Crippen LogP contribution in [0.2, 0.25) is 0 Å². The van der Waals surface area contributed by atoms with Crippen LogP contribution in [0.5, 0.6) is 0 Å². The Bertz CT molecular complexity index is 922. The molecule has 7 nitrogen and oxygen atoms in total. The summed E-state index contributed by atoms with van der Waals surface area (Å²) in [6.45, 7) is 6.46. The van der Waals surface area contributed by atoms with Crippen LogP contribution in [-0.4, -0.2) is 45.3 Å². The average Bonchev–Trinajstić information content (AvgIpc) is 2.94. The summed E-state index contributed by atoms with van der Waals surface area (Å²) in [5.74, 6) is -0.108. The zero-order valence-electron chi connectivity index (χ0n) is 16.5. The van der Waals surface area contributed by atoms with E-state index in [-0.39, 0.29) is 18.0 Å². The second-order valence-electron chi connectivity index (χ2n) is 6.31. The fourth-order valence-electron chi connectivity index (χ4n) is 2.35. The second kappa shape index (κ2) is 9.83. The van der Waals surface area contributed by atoms with E-state index in [2.05, 4.69) is 25.3 Å². The number of guanidine groups is 1. The van der Waals surface area contributed by atoms with Gasteiger partial charge in [-0.1, -0.05) is 6.07 Å². The number of nitrogens with one attached hydrogen (secondary N) is 3. The molecular weight excluding hydrogens is 401 g/mol. The van der Waals surface area contributed by atoms with E-state index in [0.717, 1.165) is 17.1 Å². The molecule has 0 saturated heterocycles. The number of aromatic nitrogens is 1. The summed E-state index contributed by atoms with van der Waals surface area (Å²) in [5, 5.41) is 7.15. The van der Waals surface area contributed by atoms with Gasteiger partial charge >= 0.3 is 0 Å². The van der Waals surface area contributed by atoms with Gasteiger partial charge in [-0.2, -0.15) is 0 Å². The molecule has 0 unspecified atom stereocenters. The molecule has 2 aromatic rings. The maximum atomic E-state index is 13.5. The molecule has 1 aromatic heterocycles. The molecule has 0 aliphatic carbocycles. The van der Waals surface area contributed by atoms with Gasteiger partial charge in [-0.15, -0.1) is 11.3 Å². The lowest BCUT2D eigenvalue weighted by atomic mass is 10.2. The highest BCUT2D eigenvalue weighted by atomic mass is 32.2.